The lowest BCUT2D eigenvalue weighted by Crippen LogP contribution is -2.52. The van der Waals surface area contributed by atoms with Crippen LogP contribution in [0.3, 0.4) is 0 Å². The predicted molar refractivity (Wildman–Crippen MR) is 154 cm³/mol. The van der Waals surface area contributed by atoms with E-state index < -0.39 is 41.2 Å². The van der Waals surface area contributed by atoms with Gasteiger partial charge in [-0.2, -0.15) is 0 Å². The van der Waals surface area contributed by atoms with Crippen molar-refractivity contribution in [3.05, 3.63) is 41.0 Å². The topological polar surface area (TPSA) is 169 Å². The summed E-state index contributed by atoms with van der Waals surface area (Å²) in [5, 5.41) is 13.3. The van der Waals surface area contributed by atoms with Crippen molar-refractivity contribution in [2.45, 2.75) is 78.5 Å². The normalized spacial score (nSPS) is 18.8. The highest BCUT2D eigenvalue weighted by atomic mass is 32.1. The van der Waals surface area contributed by atoms with Crippen LogP contribution in [0.5, 0.6) is 0 Å². The van der Waals surface area contributed by atoms with Crippen molar-refractivity contribution < 1.29 is 24.3 Å². The number of primary amides is 2. The van der Waals surface area contributed by atoms with Gasteiger partial charge in [-0.25, -0.2) is 4.98 Å². The first-order valence-electron chi connectivity index (χ1n) is 13.6. The molecule has 10 nitrogen and oxygen atoms in total. The number of aliphatic hydroxyl groups is 1. The molecule has 0 bridgehead atoms. The maximum atomic E-state index is 13.9. The van der Waals surface area contributed by atoms with E-state index >= 15 is 0 Å². The summed E-state index contributed by atoms with van der Waals surface area (Å²) in [7, 11) is 0. The molecule has 1 aromatic carbocycles. The Labute approximate surface area is 239 Å². The average molecular weight is 572 g/mol. The number of carbonyl (C=O) groups is 4. The number of nitrogens with zero attached hydrogens (tertiary/aromatic N) is 2. The fourth-order valence-corrected chi connectivity index (χ4v) is 6.24. The Kier molecular flexibility index (Phi) is 10.4. The summed E-state index contributed by atoms with van der Waals surface area (Å²) in [6.07, 6.45) is 0.753. The third-order valence-corrected chi connectivity index (χ3v) is 8.43. The highest BCUT2D eigenvalue weighted by molar-refractivity contribution is 7.13. The zero-order chi connectivity index (χ0) is 29.6. The number of carbonyl (C=O) groups excluding carboxylic acids is 4. The van der Waals surface area contributed by atoms with Gasteiger partial charge in [0, 0.05) is 31.8 Å². The number of β-amino-alcohol motifs (C(OH)–C–C–N with tert-alkyl or cyclic N) is 1. The number of aryl methyl sites for hydroxylation is 1. The number of amides is 4. The fraction of sp³-hybridized carbons (Fsp3) is 0.552. The van der Waals surface area contributed by atoms with Crippen LogP contribution in [0.2, 0.25) is 0 Å². The average Bonchev–Trinajstić information content (AvgIpc) is 3.48. The van der Waals surface area contributed by atoms with Gasteiger partial charge >= 0.3 is 0 Å². The van der Waals surface area contributed by atoms with Crippen LogP contribution in [0.25, 0.3) is 10.4 Å². The predicted octanol–water partition coefficient (Wildman–Crippen LogP) is 2.51. The first-order chi connectivity index (χ1) is 18.8. The maximum Gasteiger partial charge on any atom is 0.243 e. The van der Waals surface area contributed by atoms with Crippen LogP contribution in [0.1, 0.15) is 64.1 Å². The van der Waals surface area contributed by atoms with Gasteiger partial charge in [0.15, 0.2) is 0 Å². The summed E-state index contributed by atoms with van der Waals surface area (Å²) in [5.74, 6) is -3.37. The molecule has 11 heteroatoms. The van der Waals surface area contributed by atoms with E-state index in [9.17, 15) is 24.3 Å². The Morgan fingerprint density at radius 2 is 1.82 bits per heavy atom. The fourth-order valence-electron chi connectivity index (χ4n) is 5.43. The summed E-state index contributed by atoms with van der Waals surface area (Å²) < 4.78 is 0. The molecule has 0 saturated carbocycles. The quantitative estimate of drug-likeness (QED) is 0.285. The van der Waals surface area contributed by atoms with Crippen molar-refractivity contribution in [2.75, 3.05) is 6.54 Å². The number of nitrogens with two attached hydrogens (primary N) is 2. The van der Waals surface area contributed by atoms with Crippen molar-refractivity contribution in [3.63, 3.8) is 0 Å². The number of aliphatic hydroxyl groups excluding tert-OH is 1. The number of nitrogens with one attached hydrogen (secondary N) is 1. The number of rotatable bonds is 12. The van der Waals surface area contributed by atoms with Gasteiger partial charge < -0.3 is 26.8 Å². The molecule has 1 aliphatic heterocycles. The van der Waals surface area contributed by atoms with E-state index in [-0.39, 0.29) is 37.7 Å². The minimum atomic E-state index is -0.866. The molecule has 0 aliphatic carbocycles. The van der Waals surface area contributed by atoms with E-state index in [4.69, 9.17) is 11.5 Å². The third kappa shape index (κ3) is 7.88. The molecule has 40 heavy (non-hydrogen) atoms. The van der Waals surface area contributed by atoms with Crippen LogP contribution >= 0.6 is 11.3 Å². The van der Waals surface area contributed by atoms with Gasteiger partial charge in [0.25, 0.3) is 0 Å². The highest BCUT2D eigenvalue weighted by Crippen LogP contribution is 2.38. The van der Waals surface area contributed by atoms with E-state index in [1.807, 2.05) is 57.5 Å². The van der Waals surface area contributed by atoms with Crippen LogP contribution in [0.4, 0.5) is 0 Å². The van der Waals surface area contributed by atoms with Crippen molar-refractivity contribution in [1.82, 2.24) is 15.2 Å². The second kappa shape index (κ2) is 13.4. The van der Waals surface area contributed by atoms with E-state index in [1.54, 1.807) is 11.3 Å². The number of unbranched alkanes of at least 4 members (excludes halogenated alkanes) is 1. The molecule has 2 heterocycles. The molecule has 218 valence electrons. The highest BCUT2D eigenvalue weighted by Gasteiger charge is 2.47. The number of aromatic nitrogens is 1. The lowest BCUT2D eigenvalue weighted by molar-refractivity contribution is -0.149. The molecule has 6 N–H and O–H groups in total. The molecule has 2 aromatic rings. The molecular formula is C29H41N5O5S. The van der Waals surface area contributed by atoms with Gasteiger partial charge in [-0.3, -0.25) is 19.2 Å². The van der Waals surface area contributed by atoms with Crippen LogP contribution in [0.15, 0.2) is 29.8 Å². The lowest BCUT2D eigenvalue weighted by atomic mass is 9.70. The standard InChI is InChI=1S/C29H41N5O5S/c1-17-25(40-16-33-17)19-11-9-18(10-12-19)14-32-27(38)22-13-20(35)15-34(22)28(39)24(29(2,3)4)21(26(31)37)7-5-6-8-23(30)36/h9-12,16,20-22,24,35H,5-8,13-15H2,1-4H3,(H2,30,36)(H2,31,37)(H,32,38)/t20-,21?,22+,24?/m1/s1. The van der Waals surface area contributed by atoms with E-state index in [0.717, 1.165) is 21.7 Å². The molecule has 1 aliphatic rings. The third-order valence-electron chi connectivity index (χ3n) is 7.45. The largest absolute Gasteiger partial charge is 0.391 e. The van der Waals surface area contributed by atoms with Crippen LogP contribution in [-0.2, 0) is 25.7 Å². The molecule has 0 spiro atoms. The second-order valence-corrected chi connectivity index (χ2v) is 12.5. The van der Waals surface area contributed by atoms with Gasteiger partial charge in [0.2, 0.25) is 23.6 Å². The number of thiazole rings is 1. The molecule has 0 radical (unpaired) electrons. The maximum absolute atomic E-state index is 13.9. The van der Waals surface area contributed by atoms with E-state index in [1.165, 1.54) is 4.90 Å². The summed E-state index contributed by atoms with van der Waals surface area (Å²) in [6, 6.07) is 6.98. The van der Waals surface area contributed by atoms with Crippen LogP contribution in [0, 0.1) is 24.2 Å². The number of hydrogen-bond donors (Lipinski definition) is 4. The van der Waals surface area contributed by atoms with Gasteiger partial charge in [0.05, 0.1) is 28.1 Å². The summed E-state index contributed by atoms with van der Waals surface area (Å²) >= 11 is 1.57. The number of likely N-dealkylation sites (tertiary alicyclic amines) is 1. The van der Waals surface area contributed by atoms with Crippen molar-refractivity contribution in [2.24, 2.45) is 28.7 Å². The number of hydrogen-bond acceptors (Lipinski definition) is 7. The lowest BCUT2D eigenvalue weighted by Gasteiger charge is -2.38. The Bertz CT molecular complexity index is 1210. The first-order valence-corrected chi connectivity index (χ1v) is 14.5. The Hall–Kier alpha value is -3.31. The molecule has 1 fully saturated rings. The first kappa shape index (κ1) is 31.2. The van der Waals surface area contributed by atoms with Gasteiger partial charge in [-0.05, 0) is 36.3 Å². The smallest absolute Gasteiger partial charge is 0.243 e. The molecule has 3 rings (SSSR count). The van der Waals surface area contributed by atoms with Crippen molar-refractivity contribution in [1.29, 1.82) is 0 Å². The zero-order valence-corrected chi connectivity index (χ0v) is 24.5. The van der Waals surface area contributed by atoms with E-state index in [2.05, 4.69) is 10.3 Å². The second-order valence-electron chi connectivity index (χ2n) is 11.6. The zero-order valence-electron chi connectivity index (χ0n) is 23.7. The molecule has 1 saturated heterocycles. The Balaban J connectivity index is 1.71. The van der Waals surface area contributed by atoms with Gasteiger partial charge in [-0.1, -0.05) is 51.5 Å². The Morgan fingerprint density at radius 3 is 2.38 bits per heavy atom. The minimum absolute atomic E-state index is 0.000442. The summed E-state index contributed by atoms with van der Waals surface area (Å²) in [5.41, 5.74) is 15.1. The molecule has 4 atom stereocenters. The SMILES string of the molecule is Cc1ncsc1-c1ccc(CNC(=O)[C@@H]2C[C@@H](O)CN2C(=O)C(C(CCCCC(N)=O)C(N)=O)C(C)(C)C)cc1. The monoisotopic (exact) mass is 571 g/mol. The Morgan fingerprint density at radius 1 is 1.15 bits per heavy atom. The molecular weight excluding hydrogens is 530 g/mol. The number of benzene rings is 1. The molecule has 1 aromatic heterocycles. The van der Waals surface area contributed by atoms with Crippen molar-refractivity contribution >= 4 is 35.0 Å². The van der Waals surface area contributed by atoms with E-state index in [0.29, 0.717) is 19.3 Å². The summed E-state index contributed by atoms with van der Waals surface area (Å²) in [6.45, 7) is 7.79. The van der Waals surface area contributed by atoms with Crippen LogP contribution in [-0.4, -0.2) is 57.3 Å². The van der Waals surface area contributed by atoms with Gasteiger partial charge in [-0.15, -0.1) is 11.3 Å². The minimum Gasteiger partial charge on any atom is -0.391 e. The van der Waals surface area contributed by atoms with Crippen LogP contribution < -0.4 is 16.8 Å². The van der Waals surface area contributed by atoms with Gasteiger partial charge in [0.1, 0.15) is 6.04 Å². The molecule has 2 unspecified atom stereocenters. The molecule has 4 amide bonds. The summed E-state index contributed by atoms with van der Waals surface area (Å²) in [4.78, 5) is 57.6. The van der Waals surface area contributed by atoms with Crippen molar-refractivity contribution in [3.8, 4) is 10.4 Å².